The van der Waals surface area contributed by atoms with Crippen LogP contribution in [0.5, 0.6) is 5.88 Å². The highest BCUT2D eigenvalue weighted by Gasteiger charge is 2.08. The van der Waals surface area contributed by atoms with Crippen LogP contribution in [0.25, 0.3) is 22.2 Å². The number of fused-ring (bicyclic) bond motifs is 1. The van der Waals surface area contributed by atoms with Gasteiger partial charge >= 0.3 is 0 Å². The van der Waals surface area contributed by atoms with Crippen LogP contribution in [0.1, 0.15) is 5.56 Å². The Kier molecular flexibility index (Phi) is 2.56. The third-order valence-corrected chi connectivity index (χ3v) is 3.15. The molecule has 1 heterocycles. The van der Waals surface area contributed by atoms with E-state index >= 15 is 0 Å². The number of H-pyrrole nitrogens is 1. The maximum Gasteiger partial charge on any atom is 0.257 e. The van der Waals surface area contributed by atoms with Gasteiger partial charge in [0.05, 0.1) is 5.56 Å². The second-order valence-corrected chi connectivity index (χ2v) is 4.43. The van der Waals surface area contributed by atoms with Gasteiger partial charge in [0.25, 0.3) is 5.56 Å². The van der Waals surface area contributed by atoms with Crippen molar-refractivity contribution in [2.45, 2.75) is 6.92 Å². The van der Waals surface area contributed by atoms with Gasteiger partial charge in [-0.2, -0.15) is 4.98 Å². The summed E-state index contributed by atoms with van der Waals surface area (Å²) in [6.07, 6.45) is 0. The maximum atomic E-state index is 11.6. The summed E-state index contributed by atoms with van der Waals surface area (Å²) in [5.74, 6) is 0.144. The first kappa shape index (κ1) is 11.5. The first-order chi connectivity index (χ1) is 9.15. The lowest BCUT2D eigenvalue weighted by molar-refractivity contribution is 0.447. The van der Waals surface area contributed by atoms with Crippen molar-refractivity contribution >= 4 is 10.8 Å². The topological polar surface area (TPSA) is 66.0 Å². The molecule has 0 aliphatic heterocycles. The molecule has 0 aliphatic carbocycles. The lowest BCUT2D eigenvalue weighted by Crippen LogP contribution is -2.12. The molecular weight excluding hydrogens is 240 g/mol. The molecule has 0 atom stereocenters. The number of hydrogen-bond donors (Lipinski definition) is 2. The van der Waals surface area contributed by atoms with Gasteiger partial charge in [0, 0.05) is 5.56 Å². The van der Waals surface area contributed by atoms with Crippen molar-refractivity contribution in [1.82, 2.24) is 9.97 Å². The molecule has 0 saturated carbocycles. The van der Waals surface area contributed by atoms with Crippen LogP contribution in [0, 0.1) is 6.92 Å². The van der Waals surface area contributed by atoms with Crippen molar-refractivity contribution in [1.29, 1.82) is 0 Å². The fourth-order valence-corrected chi connectivity index (χ4v) is 1.99. The van der Waals surface area contributed by atoms with Gasteiger partial charge in [-0.25, -0.2) is 0 Å². The molecule has 0 fully saturated rings. The van der Waals surface area contributed by atoms with Gasteiger partial charge in [-0.3, -0.25) is 4.79 Å². The Morgan fingerprint density at radius 1 is 1.11 bits per heavy atom. The molecule has 0 bridgehead atoms. The Labute approximate surface area is 109 Å². The number of aromatic hydroxyl groups is 1. The molecule has 3 aromatic rings. The van der Waals surface area contributed by atoms with Crippen LogP contribution in [0.4, 0.5) is 0 Å². The lowest BCUT2D eigenvalue weighted by atomic mass is 10.1. The molecule has 2 N–H and O–H groups in total. The molecule has 3 rings (SSSR count). The smallest absolute Gasteiger partial charge is 0.257 e. The van der Waals surface area contributed by atoms with Crippen LogP contribution in [0.2, 0.25) is 0 Å². The molecule has 2 aromatic carbocycles. The molecule has 0 radical (unpaired) electrons. The molecule has 19 heavy (non-hydrogen) atoms. The number of aromatic nitrogens is 2. The molecule has 4 nitrogen and oxygen atoms in total. The lowest BCUT2D eigenvalue weighted by Gasteiger charge is -2.05. The quantitative estimate of drug-likeness (QED) is 0.699. The van der Waals surface area contributed by atoms with E-state index in [9.17, 15) is 9.90 Å². The normalized spacial score (nSPS) is 10.8. The van der Waals surface area contributed by atoms with Crippen LogP contribution >= 0.6 is 0 Å². The van der Waals surface area contributed by atoms with Crippen LogP contribution in [0.15, 0.2) is 47.3 Å². The highest BCUT2D eigenvalue weighted by atomic mass is 16.3. The standard InChI is InChI=1S/C15H12N2O2/c1-9-14(18)16-13(17-15(9)19)12-7-6-10-4-2-3-5-11(10)8-12/h2-8H,1H3,(H2,16,17,18,19). The van der Waals surface area contributed by atoms with E-state index in [1.165, 1.54) is 6.92 Å². The Balaban J connectivity index is 2.22. The van der Waals surface area contributed by atoms with Crippen molar-refractivity contribution in [3.8, 4) is 17.3 Å². The summed E-state index contributed by atoms with van der Waals surface area (Å²) in [5, 5.41) is 11.8. The third kappa shape index (κ3) is 1.97. The van der Waals surface area contributed by atoms with Gasteiger partial charge in [-0.1, -0.05) is 36.4 Å². The van der Waals surface area contributed by atoms with E-state index in [0.29, 0.717) is 5.82 Å². The third-order valence-electron chi connectivity index (χ3n) is 3.15. The van der Waals surface area contributed by atoms with Crippen LogP contribution in [-0.2, 0) is 0 Å². The molecular formula is C15H12N2O2. The van der Waals surface area contributed by atoms with E-state index in [1.807, 2.05) is 42.5 Å². The Morgan fingerprint density at radius 3 is 2.58 bits per heavy atom. The second kappa shape index (κ2) is 4.24. The average Bonchev–Trinajstić information content (AvgIpc) is 2.43. The molecule has 0 aliphatic rings. The van der Waals surface area contributed by atoms with E-state index in [2.05, 4.69) is 9.97 Å². The van der Waals surface area contributed by atoms with E-state index in [0.717, 1.165) is 16.3 Å². The maximum absolute atomic E-state index is 11.6. The van der Waals surface area contributed by atoms with Gasteiger partial charge in [-0.15, -0.1) is 0 Å². The number of aromatic amines is 1. The minimum Gasteiger partial charge on any atom is -0.493 e. The zero-order valence-electron chi connectivity index (χ0n) is 10.3. The van der Waals surface area contributed by atoms with Crippen molar-refractivity contribution in [2.75, 3.05) is 0 Å². The molecule has 4 heteroatoms. The number of benzene rings is 2. The summed E-state index contributed by atoms with van der Waals surface area (Å²) >= 11 is 0. The SMILES string of the molecule is Cc1c(O)nc(-c2ccc3ccccc3c2)[nH]c1=O. The van der Waals surface area contributed by atoms with Crippen molar-refractivity contribution in [2.24, 2.45) is 0 Å². The summed E-state index contributed by atoms with van der Waals surface area (Å²) in [6.45, 7) is 1.53. The molecule has 0 unspecified atom stereocenters. The number of nitrogens with one attached hydrogen (secondary N) is 1. The predicted octanol–water partition coefficient (Wildman–Crippen LogP) is 2.60. The van der Waals surface area contributed by atoms with Crippen molar-refractivity contribution < 1.29 is 5.11 Å². The molecule has 0 amide bonds. The zero-order valence-corrected chi connectivity index (χ0v) is 10.3. The van der Waals surface area contributed by atoms with E-state index in [-0.39, 0.29) is 17.0 Å². The Bertz CT molecular complexity index is 822. The summed E-state index contributed by atoms with van der Waals surface area (Å²) in [5.41, 5.74) is 0.672. The van der Waals surface area contributed by atoms with Crippen molar-refractivity contribution in [3.05, 3.63) is 58.4 Å². The first-order valence-electron chi connectivity index (χ1n) is 5.94. The molecule has 1 aromatic heterocycles. The second-order valence-electron chi connectivity index (χ2n) is 4.43. The van der Waals surface area contributed by atoms with E-state index in [4.69, 9.17) is 0 Å². The number of rotatable bonds is 1. The molecule has 0 spiro atoms. The van der Waals surface area contributed by atoms with Crippen LogP contribution in [0.3, 0.4) is 0 Å². The summed E-state index contributed by atoms with van der Waals surface area (Å²) in [7, 11) is 0. The minimum atomic E-state index is -0.323. The summed E-state index contributed by atoms with van der Waals surface area (Å²) in [4.78, 5) is 18.3. The Morgan fingerprint density at radius 2 is 1.84 bits per heavy atom. The van der Waals surface area contributed by atoms with Gasteiger partial charge in [0.1, 0.15) is 5.82 Å². The van der Waals surface area contributed by atoms with Gasteiger partial charge in [0.2, 0.25) is 5.88 Å². The first-order valence-corrected chi connectivity index (χ1v) is 5.94. The summed E-state index contributed by atoms with van der Waals surface area (Å²) < 4.78 is 0. The monoisotopic (exact) mass is 252 g/mol. The highest BCUT2D eigenvalue weighted by molar-refractivity contribution is 5.86. The largest absolute Gasteiger partial charge is 0.493 e. The minimum absolute atomic E-state index is 0.226. The van der Waals surface area contributed by atoms with E-state index in [1.54, 1.807) is 0 Å². The zero-order chi connectivity index (χ0) is 13.4. The molecule has 0 saturated heterocycles. The average molecular weight is 252 g/mol. The van der Waals surface area contributed by atoms with E-state index < -0.39 is 0 Å². The fraction of sp³-hybridized carbons (Fsp3) is 0.0667. The Hall–Kier alpha value is -2.62. The fourth-order valence-electron chi connectivity index (χ4n) is 1.99. The highest BCUT2D eigenvalue weighted by Crippen LogP contribution is 2.22. The van der Waals surface area contributed by atoms with Crippen molar-refractivity contribution in [3.63, 3.8) is 0 Å². The van der Waals surface area contributed by atoms with Crippen LogP contribution < -0.4 is 5.56 Å². The predicted molar refractivity (Wildman–Crippen MR) is 74.2 cm³/mol. The number of nitrogens with zero attached hydrogens (tertiary/aromatic N) is 1. The van der Waals surface area contributed by atoms with Crippen LogP contribution in [-0.4, -0.2) is 15.1 Å². The number of hydrogen-bond acceptors (Lipinski definition) is 3. The van der Waals surface area contributed by atoms with Gasteiger partial charge in [0.15, 0.2) is 0 Å². The molecule has 94 valence electrons. The van der Waals surface area contributed by atoms with Gasteiger partial charge in [-0.05, 0) is 23.8 Å². The van der Waals surface area contributed by atoms with Gasteiger partial charge < -0.3 is 10.1 Å². The summed E-state index contributed by atoms with van der Waals surface area (Å²) in [6, 6.07) is 13.7.